The number of rotatable bonds is 3. The molecule has 1 heterocycles. The van der Waals surface area contributed by atoms with Crippen molar-refractivity contribution in [1.82, 2.24) is 5.32 Å². The number of carbonyl (C=O) groups excluding carboxylic acids is 3. The molecule has 3 amide bonds. The molecule has 0 unspecified atom stereocenters. The summed E-state index contributed by atoms with van der Waals surface area (Å²) in [6.07, 6.45) is 2.56. The summed E-state index contributed by atoms with van der Waals surface area (Å²) in [5.74, 6) is -0.308. The van der Waals surface area contributed by atoms with Gasteiger partial charge in [0.2, 0.25) is 5.91 Å². The van der Waals surface area contributed by atoms with E-state index in [0.717, 1.165) is 16.0 Å². The van der Waals surface area contributed by atoms with Crippen molar-refractivity contribution in [3.63, 3.8) is 0 Å². The Morgan fingerprint density at radius 3 is 2.36 bits per heavy atom. The summed E-state index contributed by atoms with van der Waals surface area (Å²) in [6, 6.07) is 5.43. The molecule has 0 saturated heterocycles. The molecule has 28 heavy (non-hydrogen) atoms. The number of nitrogens with one attached hydrogen (secondary N) is 1. The van der Waals surface area contributed by atoms with Crippen LogP contribution in [0.1, 0.15) is 52.7 Å². The van der Waals surface area contributed by atoms with Crippen LogP contribution in [0, 0.1) is 0 Å². The van der Waals surface area contributed by atoms with Gasteiger partial charge in [0.15, 0.2) is 0 Å². The Bertz CT molecular complexity index is 800. The molecule has 1 aromatic carbocycles. The number of nitrogens with zero attached hydrogens (tertiary/aromatic N) is 1. The molecule has 0 atom stereocenters. The number of hydrogen-bond acceptors (Lipinski definition) is 5. The van der Waals surface area contributed by atoms with Crippen molar-refractivity contribution in [1.29, 1.82) is 0 Å². The van der Waals surface area contributed by atoms with Crippen LogP contribution < -0.4 is 10.2 Å². The smallest absolute Gasteiger partial charge is 0.421 e. The van der Waals surface area contributed by atoms with E-state index in [1.807, 2.05) is 12.1 Å². The average molecular weight is 388 g/mol. The third kappa shape index (κ3) is 6.11. The molecular formula is C21H28N2O5. The minimum Gasteiger partial charge on any atom is -0.444 e. The van der Waals surface area contributed by atoms with Crippen molar-refractivity contribution in [3.05, 3.63) is 35.4 Å². The van der Waals surface area contributed by atoms with Crippen LogP contribution in [0.3, 0.4) is 0 Å². The van der Waals surface area contributed by atoms with Gasteiger partial charge >= 0.3 is 12.2 Å². The summed E-state index contributed by atoms with van der Waals surface area (Å²) < 4.78 is 10.5. The van der Waals surface area contributed by atoms with Crippen LogP contribution in [0.4, 0.5) is 15.3 Å². The SMILES string of the molecule is CC(C)(C)OC(=O)NC/C=C/c1ccc2c(c1)N(C(=O)OC(C)(C)C)C(=O)C2. The van der Waals surface area contributed by atoms with Crippen LogP contribution in [0.2, 0.25) is 0 Å². The summed E-state index contributed by atoms with van der Waals surface area (Å²) >= 11 is 0. The number of alkyl carbamates (subject to hydrolysis) is 1. The molecular weight excluding hydrogens is 360 g/mol. The molecule has 2 rings (SSSR count). The lowest BCUT2D eigenvalue weighted by atomic mass is 10.1. The molecule has 0 saturated carbocycles. The summed E-state index contributed by atoms with van der Waals surface area (Å²) in [4.78, 5) is 37.4. The largest absolute Gasteiger partial charge is 0.444 e. The van der Waals surface area contributed by atoms with Gasteiger partial charge in [-0.3, -0.25) is 4.79 Å². The van der Waals surface area contributed by atoms with Crippen molar-refractivity contribution in [2.75, 3.05) is 11.4 Å². The number of amides is 3. The van der Waals surface area contributed by atoms with Crippen LogP contribution >= 0.6 is 0 Å². The van der Waals surface area contributed by atoms with E-state index in [1.54, 1.807) is 59.8 Å². The first-order valence-corrected chi connectivity index (χ1v) is 9.18. The molecule has 0 bridgehead atoms. The number of benzene rings is 1. The molecule has 1 aliphatic heterocycles. The van der Waals surface area contributed by atoms with Gasteiger partial charge in [-0.25, -0.2) is 14.5 Å². The van der Waals surface area contributed by atoms with Gasteiger partial charge in [-0.1, -0.05) is 24.3 Å². The van der Waals surface area contributed by atoms with E-state index in [4.69, 9.17) is 9.47 Å². The van der Waals surface area contributed by atoms with Gasteiger partial charge in [-0.2, -0.15) is 0 Å². The van der Waals surface area contributed by atoms with Crippen molar-refractivity contribution >= 4 is 29.9 Å². The molecule has 0 fully saturated rings. The number of hydrogen-bond donors (Lipinski definition) is 1. The Hall–Kier alpha value is -2.83. The van der Waals surface area contributed by atoms with Crippen molar-refractivity contribution in [2.24, 2.45) is 0 Å². The Labute approximate surface area is 165 Å². The van der Waals surface area contributed by atoms with Crippen molar-refractivity contribution in [2.45, 2.75) is 59.2 Å². The van der Waals surface area contributed by atoms with Gasteiger partial charge in [-0.05, 0) is 58.7 Å². The molecule has 1 aliphatic rings. The van der Waals surface area contributed by atoms with Gasteiger partial charge in [-0.15, -0.1) is 0 Å². The van der Waals surface area contributed by atoms with Gasteiger partial charge in [0.25, 0.3) is 0 Å². The summed E-state index contributed by atoms with van der Waals surface area (Å²) in [7, 11) is 0. The Balaban J connectivity index is 2.05. The fourth-order valence-corrected chi connectivity index (χ4v) is 2.58. The molecule has 0 spiro atoms. The van der Waals surface area contributed by atoms with Crippen LogP contribution in [0.15, 0.2) is 24.3 Å². The Morgan fingerprint density at radius 2 is 1.75 bits per heavy atom. The Kier molecular flexibility index (Phi) is 6.17. The minimum atomic E-state index is -0.690. The maximum absolute atomic E-state index is 12.4. The highest BCUT2D eigenvalue weighted by Gasteiger charge is 2.35. The van der Waals surface area contributed by atoms with Gasteiger partial charge in [0.05, 0.1) is 12.1 Å². The standard InChI is InChI=1S/C21H28N2O5/c1-20(2,3)27-18(25)22-11-7-8-14-9-10-15-13-17(24)23(16(15)12-14)19(26)28-21(4,5)6/h7-10,12H,11,13H2,1-6H3,(H,22,25)/b8-7+. The highest BCUT2D eigenvalue weighted by atomic mass is 16.6. The molecule has 1 N–H and O–H groups in total. The predicted molar refractivity (Wildman–Crippen MR) is 107 cm³/mol. The zero-order valence-electron chi connectivity index (χ0n) is 17.3. The lowest BCUT2D eigenvalue weighted by Gasteiger charge is -2.23. The number of anilines is 1. The molecule has 0 aliphatic carbocycles. The van der Waals surface area contributed by atoms with Crippen LogP contribution in [0.5, 0.6) is 0 Å². The average Bonchev–Trinajstić information content (AvgIpc) is 2.83. The molecule has 152 valence electrons. The Morgan fingerprint density at radius 1 is 1.11 bits per heavy atom. The topological polar surface area (TPSA) is 84.9 Å². The summed E-state index contributed by atoms with van der Waals surface area (Å²) in [6.45, 7) is 10.9. The first-order valence-electron chi connectivity index (χ1n) is 9.18. The van der Waals surface area contributed by atoms with E-state index < -0.39 is 23.4 Å². The zero-order chi connectivity index (χ0) is 21.1. The monoisotopic (exact) mass is 388 g/mol. The summed E-state index contributed by atoms with van der Waals surface area (Å²) in [5.41, 5.74) is 0.866. The number of imide groups is 1. The predicted octanol–water partition coefficient (Wildman–Crippen LogP) is 4.05. The van der Waals surface area contributed by atoms with Crippen LogP contribution in [-0.4, -0.2) is 35.8 Å². The normalized spacial score (nSPS) is 14.2. The fourth-order valence-electron chi connectivity index (χ4n) is 2.58. The number of ether oxygens (including phenoxy) is 2. The minimum absolute atomic E-state index is 0.165. The first-order chi connectivity index (χ1) is 12.9. The highest BCUT2D eigenvalue weighted by molar-refractivity contribution is 6.17. The van der Waals surface area contributed by atoms with E-state index in [9.17, 15) is 14.4 Å². The van der Waals surface area contributed by atoms with E-state index >= 15 is 0 Å². The molecule has 7 heteroatoms. The second-order valence-corrected chi connectivity index (χ2v) is 8.56. The van der Waals surface area contributed by atoms with Gasteiger partial charge in [0, 0.05) is 6.54 Å². The highest BCUT2D eigenvalue weighted by Crippen LogP contribution is 2.31. The van der Waals surface area contributed by atoms with Crippen molar-refractivity contribution < 1.29 is 23.9 Å². The maximum atomic E-state index is 12.4. The van der Waals surface area contributed by atoms with E-state index in [0.29, 0.717) is 12.2 Å². The van der Waals surface area contributed by atoms with Crippen LogP contribution in [-0.2, 0) is 20.7 Å². The van der Waals surface area contributed by atoms with E-state index in [2.05, 4.69) is 5.32 Å². The third-order valence-electron chi connectivity index (χ3n) is 3.59. The lowest BCUT2D eigenvalue weighted by Crippen LogP contribution is -2.38. The summed E-state index contributed by atoms with van der Waals surface area (Å²) in [5, 5.41) is 2.63. The second-order valence-electron chi connectivity index (χ2n) is 8.56. The first kappa shape index (κ1) is 21.5. The molecule has 0 radical (unpaired) electrons. The van der Waals surface area contributed by atoms with Gasteiger partial charge in [0.1, 0.15) is 11.2 Å². The fraction of sp³-hybridized carbons (Fsp3) is 0.476. The third-order valence-corrected chi connectivity index (χ3v) is 3.59. The molecule has 7 nitrogen and oxygen atoms in total. The zero-order valence-corrected chi connectivity index (χ0v) is 17.3. The van der Waals surface area contributed by atoms with E-state index in [1.165, 1.54) is 0 Å². The number of carbonyl (C=O) groups is 3. The second kappa shape index (κ2) is 8.04. The maximum Gasteiger partial charge on any atom is 0.421 e. The van der Waals surface area contributed by atoms with E-state index in [-0.39, 0.29) is 12.3 Å². The quantitative estimate of drug-likeness (QED) is 0.844. The molecule has 1 aromatic rings. The van der Waals surface area contributed by atoms with Crippen LogP contribution in [0.25, 0.3) is 6.08 Å². The van der Waals surface area contributed by atoms with Gasteiger partial charge < -0.3 is 14.8 Å². The van der Waals surface area contributed by atoms with Crippen molar-refractivity contribution in [3.8, 4) is 0 Å². The number of fused-ring (bicyclic) bond motifs is 1. The molecule has 0 aromatic heterocycles. The lowest BCUT2D eigenvalue weighted by molar-refractivity contribution is -0.117.